The van der Waals surface area contributed by atoms with Gasteiger partial charge in [-0.15, -0.1) is 0 Å². The van der Waals surface area contributed by atoms with Crippen molar-refractivity contribution in [1.29, 1.82) is 0 Å². The molecule has 1 fully saturated rings. The summed E-state index contributed by atoms with van der Waals surface area (Å²) in [5.74, 6) is 0. The maximum absolute atomic E-state index is 4.42. The van der Waals surface area contributed by atoms with Crippen LogP contribution in [0.1, 0.15) is 69.9 Å². The Kier molecular flexibility index (Phi) is 9.36. The van der Waals surface area contributed by atoms with Crippen LogP contribution in [-0.4, -0.2) is 48.1 Å². The summed E-state index contributed by atoms with van der Waals surface area (Å²) in [6.45, 7) is 8.66. The lowest BCUT2D eigenvalue weighted by Gasteiger charge is -2.46. The van der Waals surface area contributed by atoms with Gasteiger partial charge in [-0.2, -0.15) is 0 Å². The molecule has 1 aromatic carbocycles. The SMILES string of the molecule is CCCN=Cc1ccc(CCCCCCCN2CCN2C2=CCC(C)=NC=C2)cc1. The Morgan fingerprint density at radius 3 is 2.60 bits per heavy atom. The fourth-order valence-electron chi connectivity index (χ4n) is 3.89. The lowest BCUT2D eigenvalue weighted by molar-refractivity contribution is -0.0779. The molecule has 0 aromatic heterocycles. The van der Waals surface area contributed by atoms with E-state index in [9.17, 15) is 0 Å². The van der Waals surface area contributed by atoms with E-state index in [0.717, 1.165) is 25.9 Å². The molecule has 0 saturated carbocycles. The van der Waals surface area contributed by atoms with Crippen molar-refractivity contribution >= 4 is 11.9 Å². The first-order valence-electron chi connectivity index (χ1n) is 11.8. The van der Waals surface area contributed by atoms with Gasteiger partial charge in [0.1, 0.15) is 0 Å². The number of hydrazine groups is 1. The number of allylic oxidation sites excluding steroid dienone is 2. The van der Waals surface area contributed by atoms with E-state index in [1.54, 1.807) is 0 Å². The zero-order chi connectivity index (χ0) is 21.0. The van der Waals surface area contributed by atoms with E-state index in [4.69, 9.17) is 0 Å². The minimum Gasteiger partial charge on any atom is -0.305 e. The molecule has 0 N–H and O–H groups in total. The van der Waals surface area contributed by atoms with Gasteiger partial charge in [0.2, 0.25) is 0 Å². The van der Waals surface area contributed by atoms with Crippen molar-refractivity contribution in [1.82, 2.24) is 10.0 Å². The van der Waals surface area contributed by atoms with Crippen molar-refractivity contribution in [3.63, 3.8) is 0 Å². The average molecular weight is 407 g/mol. The van der Waals surface area contributed by atoms with Crippen LogP contribution in [0.4, 0.5) is 0 Å². The Bertz CT molecular complexity index is 758. The topological polar surface area (TPSA) is 31.2 Å². The Hall–Kier alpha value is -2.20. The molecular weight excluding hydrogens is 368 g/mol. The zero-order valence-electron chi connectivity index (χ0n) is 18.9. The molecule has 0 atom stereocenters. The highest BCUT2D eigenvalue weighted by molar-refractivity contribution is 5.84. The van der Waals surface area contributed by atoms with E-state index in [1.807, 2.05) is 12.4 Å². The third kappa shape index (κ3) is 7.24. The van der Waals surface area contributed by atoms with E-state index in [-0.39, 0.29) is 0 Å². The molecule has 0 spiro atoms. The standard InChI is InChI=1S/C26H38N4/c1-3-17-27-22-25-13-11-24(12-14-25)9-7-5-4-6-8-19-29-20-21-30(29)26-15-10-23(2)28-18-16-26/h11-16,18,22H,3-10,17,19-21H2,1-2H3. The van der Waals surface area contributed by atoms with Crippen LogP contribution in [-0.2, 0) is 6.42 Å². The number of unbranched alkanes of at least 4 members (excludes halogenated alkanes) is 4. The van der Waals surface area contributed by atoms with E-state index in [1.165, 1.54) is 74.2 Å². The second-order valence-corrected chi connectivity index (χ2v) is 8.38. The number of hydrogen-bond donors (Lipinski definition) is 0. The highest BCUT2D eigenvalue weighted by atomic mass is 15.7. The molecule has 3 rings (SSSR count). The summed E-state index contributed by atoms with van der Waals surface area (Å²) in [5, 5.41) is 4.91. The molecule has 2 heterocycles. The normalized spacial score (nSPS) is 17.1. The molecule has 0 aliphatic carbocycles. The third-order valence-electron chi connectivity index (χ3n) is 5.81. The molecular formula is C26H38N4. The van der Waals surface area contributed by atoms with Crippen LogP contribution >= 0.6 is 0 Å². The second kappa shape index (κ2) is 12.5. The van der Waals surface area contributed by atoms with Crippen LogP contribution in [0, 0.1) is 0 Å². The van der Waals surface area contributed by atoms with Crippen molar-refractivity contribution in [3.8, 4) is 0 Å². The average Bonchev–Trinajstić information content (AvgIpc) is 2.95. The van der Waals surface area contributed by atoms with Crippen molar-refractivity contribution < 1.29 is 0 Å². The molecule has 4 heteroatoms. The van der Waals surface area contributed by atoms with E-state index < -0.39 is 0 Å². The van der Waals surface area contributed by atoms with Gasteiger partial charge in [-0.1, -0.05) is 56.5 Å². The largest absolute Gasteiger partial charge is 0.305 e. The van der Waals surface area contributed by atoms with Gasteiger partial charge in [0, 0.05) is 50.7 Å². The Balaban J connectivity index is 1.25. The summed E-state index contributed by atoms with van der Waals surface area (Å²) in [6.07, 6.45) is 18.2. The van der Waals surface area contributed by atoms with Crippen LogP contribution in [0.25, 0.3) is 0 Å². The van der Waals surface area contributed by atoms with Crippen molar-refractivity contribution in [3.05, 3.63) is 59.4 Å². The summed E-state index contributed by atoms with van der Waals surface area (Å²) in [5.41, 5.74) is 5.16. The van der Waals surface area contributed by atoms with E-state index >= 15 is 0 Å². The molecule has 4 nitrogen and oxygen atoms in total. The fraction of sp³-hybridized carbons (Fsp3) is 0.538. The number of hydrogen-bond acceptors (Lipinski definition) is 4. The van der Waals surface area contributed by atoms with Crippen LogP contribution < -0.4 is 0 Å². The highest BCUT2D eigenvalue weighted by Crippen LogP contribution is 2.21. The predicted molar refractivity (Wildman–Crippen MR) is 129 cm³/mol. The molecule has 2 aliphatic rings. The Morgan fingerprint density at radius 2 is 1.83 bits per heavy atom. The molecule has 0 amide bonds. The number of nitrogens with zero attached hydrogens (tertiary/aromatic N) is 4. The van der Waals surface area contributed by atoms with Gasteiger partial charge in [0.05, 0.1) is 5.70 Å². The first kappa shape index (κ1) is 22.5. The Morgan fingerprint density at radius 1 is 1.03 bits per heavy atom. The van der Waals surface area contributed by atoms with Crippen LogP contribution in [0.15, 0.2) is 58.3 Å². The molecule has 30 heavy (non-hydrogen) atoms. The Labute approximate surface area is 183 Å². The number of aliphatic imine (C=N–C) groups is 2. The molecule has 1 saturated heterocycles. The number of benzene rings is 1. The molecule has 0 bridgehead atoms. The van der Waals surface area contributed by atoms with Crippen LogP contribution in [0.3, 0.4) is 0 Å². The summed E-state index contributed by atoms with van der Waals surface area (Å²) >= 11 is 0. The first-order chi connectivity index (χ1) is 14.8. The minimum absolute atomic E-state index is 0.918. The molecule has 0 unspecified atom stereocenters. The van der Waals surface area contributed by atoms with Crippen molar-refractivity contribution in [2.24, 2.45) is 9.98 Å². The zero-order valence-corrected chi connectivity index (χ0v) is 18.9. The summed E-state index contributed by atoms with van der Waals surface area (Å²) in [4.78, 5) is 8.83. The van der Waals surface area contributed by atoms with E-state index in [0.29, 0.717) is 0 Å². The highest BCUT2D eigenvalue weighted by Gasteiger charge is 2.25. The second-order valence-electron chi connectivity index (χ2n) is 8.38. The van der Waals surface area contributed by atoms with E-state index in [2.05, 4.69) is 70.3 Å². The molecule has 2 aliphatic heterocycles. The minimum atomic E-state index is 0.918. The van der Waals surface area contributed by atoms with Crippen LogP contribution in [0.5, 0.6) is 0 Å². The van der Waals surface area contributed by atoms with Gasteiger partial charge >= 0.3 is 0 Å². The maximum Gasteiger partial charge on any atom is 0.0502 e. The summed E-state index contributed by atoms with van der Waals surface area (Å²) in [7, 11) is 0. The summed E-state index contributed by atoms with van der Waals surface area (Å²) in [6, 6.07) is 8.91. The van der Waals surface area contributed by atoms with Gasteiger partial charge in [-0.25, -0.2) is 5.01 Å². The molecule has 0 radical (unpaired) electrons. The van der Waals surface area contributed by atoms with Gasteiger partial charge in [0.15, 0.2) is 0 Å². The lowest BCUT2D eigenvalue weighted by Crippen LogP contribution is -2.56. The van der Waals surface area contributed by atoms with Crippen molar-refractivity contribution in [2.45, 2.75) is 65.2 Å². The van der Waals surface area contributed by atoms with Gasteiger partial charge in [-0.05, 0) is 49.8 Å². The quantitative estimate of drug-likeness (QED) is 0.324. The summed E-state index contributed by atoms with van der Waals surface area (Å²) < 4.78 is 0. The predicted octanol–water partition coefficient (Wildman–Crippen LogP) is 5.80. The van der Waals surface area contributed by atoms with Crippen LogP contribution in [0.2, 0.25) is 0 Å². The number of rotatable bonds is 12. The van der Waals surface area contributed by atoms with Gasteiger partial charge in [0.25, 0.3) is 0 Å². The number of aryl methyl sites for hydroxylation is 1. The molecule has 1 aromatic rings. The third-order valence-corrected chi connectivity index (χ3v) is 5.81. The van der Waals surface area contributed by atoms with Gasteiger partial charge in [-0.3, -0.25) is 9.98 Å². The maximum atomic E-state index is 4.42. The monoisotopic (exact) mass is 406 g/mol. The smallest absolute Gasteiger partial charge is 0.0502 e. The fourth-order valence-corrected chi connectivity index (χ4v) is 3.89. The molecule has 162 valence electrons. The van der Waals surface area contributed by atoms with Gasteiger partial charge < -0.3 is 5.01 Å². The van der Waals surface area contributed by atoms with Crippen molar-refractivity contribution in [2.75, 3.05) is 26.2 Å². The lowest BCUT2D eigenvalue weighted by atomic mass is 10.0. The first-order valence-corrected chi connectivity index (χ1v) is 11.8.